The zero-order valence-electron chi connectivity index (χ0n) is 10.4. The van der Waals surface area contributed by atoms with E-state index in [2.05, 4.69) is 10.4 Å². The van der Waals surface area contributed by atoms with Crippen LogP contribution in [0, 0.1) is 0 Å². The molecular formula is C10H18N4O3S. The molecule has 0 saturated heterocycles. The molecule has 0 aliphatic carbocycles. The fourth-order valence-electron chi connectivity index (χ4n) is 1.59. The smallest absolute Gasteiger partial charge is 0.247 e. The molecule has 1 heterocycles. The SMILES string of the molecule is CC(C)N(CCO)S(=O)(=O)c1cnccc1NN. The summed E-state index contributed by atoms with van der Waals surface area (Å²) in [4.78, 5) is 3.79. The van der Waals surface area contributed by atoms with E-state index >= 15 is 0 Å². The standard InChI is InChI=1S/C10H18N4O3S/c1-8(2)14(5-6-15)18(16,17)10-7-12-4-3-9(10)13-11/h3-4,7-8,15H,5-6,11H2,1-2H3,(H,12,13). The van der Waals surface area contributed by atoms with E-state index in [0.717, 1.165) is 0 Å². The Hall–Kier alpha value is -1.22. The molecule has 0 aliphatic heterocycles. The van der Waals surface area contributed by atoms with Crippen molar-refractivity contribution in [2.75, 3.05) is 18.6 Å². The van der Waals surface area contributed by atoms with Gasteiger partial charge in [-0.05, 0) is 19.9 Å². The highest BCUT2D eigenvalue weighted by Gasteiger charge is 2.28. The Bertz CT molecular complexity index is 490. The van der Waals surface area contributed by atoms with Crippen molar-refractivity contribution in [2.24, 2.45) is 5.84 Å². The van der Waals surface area contributed by atoms with Crippen LogP contribution in [0.5, 0.6) is 0 Å². The molecule has 4 N–H and O–H groups in total. The van der Waals surface area contributed by atoms with Gasteiger partial charge in [-0.25, -0.2) is 8.42 Å². The van der Waals surface area contributed by atoms with Gasteiger partial charge in [0.05, 0.1) is 12.3 Å². The minimum atomic E-state index is -3.74. The lowest BCUT2D eigenvalue weighted by molar-refractivity contribution is 0.236. The highest BCUT2D eigenvalue weighted by Crippen LogP contribution is 2.23. The molecule has 0 unspecified atom stereocenters. The molecule has 0 aromatic carbocycles. The van der Waals surface area contributed by atoms with Crippen LogP contribution in [0.1, 0.15) is 13.8 Å². The van der Waals surface area contributed by atoms with Crippen molar-refractivity contribution in [2.45, 2.75) is 24.8 Å². The van der Waals surface area contributed by atoms with Gasteiger partial charge in [-0.1, -0.05) is 0 Å². The molecule has 0 spiro atoms. The van der Waals surface area contributed by atoms with Crippen molar-refractivity contribution in [1.29, 1.82) is 0 Å². The van der Waals surface area contributed by atoms with E-state index in [4.69, 9.17) is 10.9 Å². The normalized spacial score (nSPS) is 12.1. The summed E-state index contributed by atoms with van der Waals surface area (Å²) in [7, 11) is -3.74. The van der Waals surface area contributed by atoms with E-state index in [1.165, 1.54) is 22.8 Å². The Morgan fingerprint density at radius 3 is 2.72 bits per heavy atom. The number of hydrogen-bond donors (Lipinski definition) is 3. The summed E-state index contributed by atoms with van der Waals surface area (Å²) in [5, 5.41) is 8.96. The zero-order valence-corrected chi connectivity index (χ0v) is 11.2. The zero-order chi connectivity index (χ0) is 13.8. The molecule has 0 bridgehead atoms. The van der Waals surface area contributed by atoms with Gasteiger partial charge in [-0.15, -0.1) is 0 Å². The molecule has 0 amide bonds. The number of nitrogens with zero attached hydrogens (tertiary/aromatic N) is 2. The number of aromatic nitrogens is 1. The Morgan fingerprint density at radius 1 is 1.56 bits per heavy atom. The molecule has 1 rings (SSSR count). The molecule has 0 saturated carbocycles. The number of rotatable bonds is 6. The number of aliphatic hydroxyl groups is 1. The van der Waals surface area contributed by atoms with Gasteiger partial charge in [0.2, 0.25) is 10.0 Å². The van der Waals surface area contributed by atoms with Crippen LogP contribution in [0.4, 0.5) is 5.69 Å². The maximum absolute atomic E-state index is 12.4. The van der Waals surface area contributed by atoms with Gasteiger partial charge in [-0.3, -0.25) is 10.8 Å². The van der Waals surface area contributed by atoms with Crippen LogP contribution in [-0.2, 0) is 10.0 Å². The van der Waals surface area contributed by atoms with E-state index in [0.29, 0.717) is 0 Å². The summed E-state index contributed by atoms with van der Waals surface area (Å²) < 4.78 is 26.0. The molecule has 18 heavy (non-hydrogen) atoms. The van der Waals surface area contributed by atoms with Crippen molar-refractivity contribution < 1.29 is 13.5 Å². The molecule has 1 aromatic heterocycles. The van der Waals surface area contributed by atoms with Gasteiger partial charge >= 0.3 is 0 Å². The van der Waals surface area contributed by atoms with E-state index < -0.39 is 10.0 Å². The second-order valence-corrected chi connectivity index (χ2v) is 5.81. The Labute approximate surface area is 107 Å². The molecule has 8 heteroatoms. The Kier molecular flexibility index (Phi) is 5.03. The van der Waals surface area contributed by atoms with Gasteiger partial charge in [0, 0.05) is 25.0 Å². The lowest BCUT2D eigenvalue weighted by Crippen LogP contribution is -2.39. The van der Waals surface area contributed by atoms with Gasteiger partial charge in [0.25, 0.3) is 0 Å². The quantitative estimate of drug-likeness (QED) is 0.488. The molecule has 0 atom stereocenters. The molecule has 1 aromatic rings. The van der Waals surface area contributed by atoms with Gasteiger partial charge in [0.1, 0.15) is 4.90 Å². The fourth-order valence-corrected chi connectivity index (χ4v) is 3.31. The minimum Gasteiger partial charge on any atom is -0.395 e. The summed E-state index contributed by atoms with van der Waals surface area (Å²) in [5.41, 5.74) is 2.60. The third kappa shape index (κ3) is 2.96. The first-order valence-electron chi connectivity index (χ1n) is 5.48. The largest absolute Gasteiger partial charge is 0.395 e. The monoisotopic (exact) mass is 274 g/mol. The number of sulfonamides is 1. The number of aliphatic hydroxyl groups excluding tert-OH is 1. The minimum absolute atomic E-state index is 0.00495. The van der Waals surface area contributed by atoms with E-state index in [-0.39, 0.29) is 29.8 Å². The predicted octanol–water partition coefficient (Wildman–Crippen LogP) is -0.241. The van der Waals surface area contributed by atoms with Crippen LogP contribution in [0.3, 0.4) is 0 Å². The first-order valence-corrected chi connectivity index (χ1v) is 6.92. The second kappa shape index (κ2) is 6.10. The van der Waals surface area contributed by atoms with Crippen molar-refractivity contribution in [3.05, 3.63) is 18.5 Å². The van der Waals surface area contributed by atoms with Crippen molar-refractivity contribution >= 4 is 15.7 Å². The van der Waals surface area contributed by atoms with Crippen molar-refractivity contribution in [3.63, 3.8) is 0 Å². The number of pyridine rings is 1. The Morgan fingerprint density at radius 2 is 2.22 bits per heavy atom. The van der Waals surface area contributed by atoms with Crippen LogP contribution in [0.15, 0.2) is 23.4 Å². The van der Waals surface area contributed by atoms with Gasteiger partial charge in [-0.2, -0.15) is 4.31 Å². The molecule has 7 nitrogen and oxygen atoms in total. The van der Waals surface area contributed by atoms with Crippen LogP contribution in [-0.4, -0.2) is 42.0 Å². The van der Waals surface area contributed by atoms with E-state index in [1.54, 1.807) is 13.8 Å². The third-order valence-corrected chi connectivity index (χ3v) is 4.53. The summed E-state index contributed by atoms with van der Waals surface area (Å²) in [6, 6.07) is 1.21. The molecule has 0 radical (unpaired) electrons. The number of hydrogen-bond acceptors (Lipinski definition) is 6. The predicted molar refractivity (Wildman–Crippen MR) is 68.2 cm³/mol. The van der Waals surface area contributed by atoms with Crippen LogP contribution in [0.25, 0.3) is 0 Å². The lowest BCUT2D eigenvalue weighted by Gasteiger charge is -2.25. The van der Waals surface area contributed by atoms with E-state index in [9.17, 15) is 8.42 Å². The summed E-state index contributed by atoms with van der Waals surface area (Å²) in [6.07, 6.45) is 2.68. The third-order valence-electron chi connectivity index (χ3n) is 2.42. The number of nitrogens with two attached hydrogens (primary N) is 1. The van der Waals surface area contributed by atoms with Crippen LogP contribution < -0.4 is 11.3 Å². The average molecular weight is 274 g/mol. The number of nitrogen functional groups attached to an aromatic ring is 1. The summed E-state index contributed by atoms with van der Waals surface area (Å²) in [5.74, 6) is 5.29. The lowest BCUT2D eigenvalue weighted by atomic mass is 10.4. The van der Waals surface area contributed by atoms with Crippen molar-refractivity contribution in [1.82, 2.24) is 9.29 Å². The number of hydrazine groups is 1. The van der Waals surface area contributed by atoms with E-state index in [1.807, 2.05) is 0 Å². The number of anilines is 1. The topological polar surface area (TPSA) is 109 Å². The summed E-state index contributed by atoms with van der Waals surface area (Å²) in [6.45, 7) is 3.25. The Balaban J connectivity index is 3.26. The fraction of sp³-hybridized carbons (Fsp3) is 0.500. The van der Waals surface area contributed by atoms with Gasteiger partial charge in [0.15, 0.2) is 0 Å². The highest BCUT2D eigenvalue weighted by atomic mass is 32.2. The van der Waals surface area contributed by atoms with Gasteiger partial charge < -0.3 is 10.5 Å². The van der Waals surface area contributed by atoms with Crippen LogP contribution in [0.2, 0.25) is 0 Å². The number of nitrogens with one attached hydrogen (secondary N) is 1. The molecule has 0 aliphatic rings. The molecule has 102 valence electrons. The average Bonchev–Trinajstić information content (AvgIpc) is 2.35. The maximum Gasteiger partial charge on any atom is 0.247 e. The summed E-state index contributed by atoms with van der Waals surface area (Å²) >= 11 is 0. The first kappa shape index (κ1) is 14.8. The molecular weight excluding hydrogens is 256 g/mol. The van der Waals surface area contributed by atoms with Crippen molar-refractivity contribution in [3.8, 4) is 0 Å². The second-order valence-electron chi connectivity index (χ2n) is 3.95. The van der Waals surface area contributed by atoms with Crippen LogP contribution >= 0.6 is 0 Å². The maximum atomic E-state index is 12.4. The molecule has 0 fully saturated rings. The highest BCUT2D eigenvalue weighted by molar-refractivity contribution is 7.89. The first-order chi connectivity index (χ1) is 8.45.